The molecule has 0 N–H and O–H groups in total. The first kappa shape index (κ1) is 18.4. The van der Waals surface area contributed by atoms with E-state index in [9.17, 15) is 0 Å². The minimum absolute atomic E-state index is 0.865. The van der Waals surface area contributed by atoms with E-state index in [4.69, 9.17) is 4.98 Å². The third kappa shape index (κ3) is 2.73. The van der Waals surface area contributed by atoms with Crippen LogP contribution in [0.4, 0.5) is 5.69 Å². The summed E-state index contributed by atoms with van der Waals surface area (Å²) in [6, 6.07) is 20.6. The van der Waals surface area contributed by atoms with Crippen LogP contribution in [0.1, 0.15) is 0 Å². The lowest BCUT2D eigenvalue weighted by Gasteiger charge is -2.14. The maximum atomic E-state index is 5.17. The summed E-state index contributed by atoms with van der Waals surface area (Å²) in [6.07, 6.45) is 7.24. The zero-order chi connectivity index (χ0) is 21.7. The molecule has 0 saturated carbocycles. The molecule has 154 valence electrons. The molecule has 0 amide bonds. The van der Waals surface area contributed by atoms with Gasteiger partial charge in [-0.05, 0) is 60.7 Å². The van der Waals surface area contributed by atoms with Crippen molar-refractivity contribution in [2.24, 2.45) is 0 Å². The third-order valence-electron chi connectivity index (χ3n) is 5.79. The highest BCUT2D eigenvalue weighted by Crippen LogP contribution is 2.37. The summed E-state index contributed by atoms with van der Waals surface area (Å²) in [6.45, 7) is 0. The standard InChI is InChI=1S/C26H20N6/c1-31(2)18-9-7-17(8-10-18)26-30-24-20-5-3-13-28-22(20)23-21(6-4-14-29-23)25(24)32(26)19-11-15-27-16-12-19/h3-16H,1-2H3. The van der Waals surface area contributed by atoms with E-state index in [1.807, 2.05) is 63.1 Å². The highest BCUT2D eigenvalue weighted by Gasteiger charge is 2.20. The van der Waals surface area contributed by atoms with Gasteiger partial charge in [0.2, 0.25) is 0 Å². The Balaban J connectivity index is 1.79. The topological polar surface area (TPSA) is 59.7 Å². The highest BCUT2D eigenvalue weighted by molar-refractivity contribution is 6.21. The van der Waals surface area contributed by atoms with Gasteiger partial charge < -0.3 is 4.90 Å². The van der Waals surface area contributed by atoms with Crippen LogP contribution in [0.15, 0.2) is 85.5 Å². The average Bonchev–Trinajstić information content (AvgIpc) is 3.26. The highest BCUT2D eigenvalue weighted by atomic mass is 15.1. The van der Waals surface area contributed by atoms with Gasteiger partial charge in [-0.3, -0.25) is 19.5 Å². The third-order valence-corrected chi connectivity index (χ3v) is 5.79. The number of rotatable bonds is 3. The van der Waals surface area contributed by atoms with Crippen molar-refractivity contribution >= 4 is 38.5 Å². The fraction of sp³-hybridized carbons (Fsp3) is 0.0769. The first-order valence-electron chi connectivity index (χ1n) is 10.4. The lowest BCUT2D eigenvalue weighted by molar-refractivity contribution is 1.09. The Morgan fingerprint density at radius 1 is 0.688 bits per heavy atom. The van der Waals surface area contributed by atoms with Crippen LogP contribution in [0.3, 0.4) is 0 Å². The summed E-state index contributed by atoms with van der Waals surface area (Å²) >= 11 is 0. The molecule has 4 heterocycles. The smallest absolute Gasteiger partial charge is 0.145 e. The summed E-state index contributed by atoms with van der Waals surface area (Å²) in [5.41, 5.74) is 6.86. The molecule has 0 unspecified atom stereocenters. The molecule has 0 aliphatic carbocycles. The van der Waals surface area contributed by atoms with Crippen molar-refractivity contribution in [2.75, 3.05) is 19.0 Å². The van der Waals surface area contributed by atoms with Crippen molar-refractivity contribution in [1.29, 1.82) is 0 Å². The number of anilines is 1. The first-order chi connectivity index (χ1) is 15.7. The van der Waals surface area contributed by atoms with Gasteiger partial charge in [0.25, 0.3) is 0 Å². The minimum Gasteiger partial charge on any atom is -0.378 e. The Morgan fingerprint density at radius 2 is 1.34 bits per heavy atom. The van der Waals surface area contributed by atoms with Crippen molar-refractivity contribution in [3.8, 4) is 17.1 Å². The van der Waals surface area contributed by atoms with Gasteiger partial charge in [-0.15, -0.1) is 0 Å². The number of hydrogen-bond acceptors (Lipinski definition) is 5. The summed E-state index contributed by atoms with van der Waals surface area (Å²) < 4.78 is 2.21. The van der Waals surface area contributed by atoms with Crippen molar-refractivity contribution < 1.29 is 0 Å². The second-order valence-corrected chi connectivity index (χ2v) is 7.91. The number of nitrogens with zero attached hydrogens (tertiary/aromatic N) is 6. The normalized spacial score (nSPS) is 11.4. The lowest BCUT2D eigenvalue weighted by Crippen LogP contribution is -2.08. The zero-order valence-electron chi connectivity index (χ0n) is 17.8. The Bertz CT molecular complexity index is 1580. The monoisotopic (exact) mass is 416 g/mol. The van der Waals surface area contributed by atoms with Crippen molar-refractivity contribution in [3.05, 3.63) is 85.5 Å². The zero-order valence-corrected chi connectivity index (χ0v) is 17.8. The molecular weight excluding hydrogens is 396 g/mol. The van der Waals surface area contributed by atoms with Crippen LogP contribution in [0.25, 0.3) is 49.9 Å². The molecular formula is C26H20N6. The fourth-order valence-corrected chi connectivity index (χ4v) is 4.27. The molecule has 0 saturated heterocycles. The number of hydrogen-bond donors (Lipinski definition) is 0. The van der Waals surface area contributed by atoms with Crippen molar-refractivity contribution in [2.45, 2.75) is 0 Å². The van der Waals surface area contributed by atoms with E-state index in [0.717, 1.165) is 55.6 Å². The van der Waals surface area contributed by atoms with Gasteiger partial charge in [-0.25, -0.2) is 4.98 Å². The first-order valence-corrected chi connectivity index (χ1v) is 10.4. The van der Waals surface area contributed by atoms with Crippen molar-refractivity contribution in [3.63, 3.8) is 0 Å². The number of benzene rings is 2. The maximum Gasteiger partial charge on any atom is 0.145 e. The Kier molecular flexibility index (Phi) is 4.11. The van der Waals surface area contributed by atoms with E-state index in [2.05, 4.69) is 60.8 Å². The van der Waals surface area contributed by atoms with Crippen LogP contribution in [0.2, 0.25) is 0 Å². The molecule has 0 atom stereocenters. The van der Waals surface area contributed by atoms with Gasteiger partial charge in [0, 0.05) is 60.9 Å². The second kappa shape index (κ2) is 7.13. The number of aromatic nitrogens is 5. The molecule has 6 heteroatoms. The molecule has 6 aromatic rings. The van der Waals surface area contributed by atoms with E-state index in [0.29, 0.717) is 0 Å². The van der Waals surface area contributed by atoms with Crippen LogP contribution in [-0.2, 0) is 0 Å². The average molecular weight is 416 g/mol. The van der Waals surface area contributed by atoms with Gasteiger partial charge in [0.05, 0.1) is 27.8 Å². The summed E-state index contributed by atoms with van der Waals surface area (Å²) in [7, 11) is 4.08. The largest absolute Gasteiger partial charge is 0.378 e. The van der Waals surface area contributed by atoms with E-state index in [1.165, 1.54) is 0 Å². The Morgan fingerprint density at radius 3 is 2.03 bits per heavy atom. The van der Waals surface area contributed by atoms with E-state index >= 15 is 0 Å². The minimum atomic E-state index is 0.865. The van der Waals surface area contributed by atoms with Crippen LogP contribution in [-0.4, -0.2) is 38.6 Å². The van der Waals surface area contributed by atoms with Crippen LogP contribution in [0.5, 0.6) is 0 Å². The van der Waals surface area contributed by atoms with E-state index in [1.54, 1.807) is 0 Å². The number of imidazole rings is 1. The van der Waals surface area contributed by atoms with E-state index in [-0.39, 0.29) is 0 Å². The number of pyridine rings is 3. The fourth-order valence-electron chi connectivity index (χ4n) is 4.27. The molecule has 32 heavy (non-hydrogen) atoms. The molecule has 4 aromatic heterocycles. The maximum absolute atomic E-state index is 5.17. The van der Waals surface area contributed by atoms with Crippen molar-refractivity contribution in [1.82, 2.24) is 24.5 Å². The number of fused-ring (bicyclic) bond motifs is 6. The van der Waals surface area contributed by atoms with Gasteiger partial charge in [-0.2, -0.15) is 0 Å². The Hall–Kier alpha value is -4.32. The van der Waals surface area contributed by atoms with Crippen LogP contribution >= 0.6 is 0 Å². The molecule has 0 bridgehead atoms. The summed E-state index contributed by atoms with van der Waals surface area (Å²) in [4.78, 5) is 20.8. The van der Waals surface area contributed by atoms with Gasteiger partial charge in [0.15, 0.2) is 0 Å². The van der Waals surface area contributed by atoms with Crippen LogP contribution < -0.4 is 4.90 Å². The molecule has 6 nitrogen and oxygen atoms in total. The predicted molar refractivity (Wildman–Crippen MR) is 129 cm³/mol. The van der Waals surface area contributed by atoms with Gasteiger partial charge in [-0.1, -0.05) is 0 Å². The molecule has 0 aliphatic heterocycles. The molecule has 6 rings (SSSR count). The SMILES string of the molecule is CN(C)c1ccc(-c2nc3c4cccnc4c4ncccc4c3n2-c2ccncc2)cc1. The summed E-state index contributed by atoms with van der Waals surface area (Å²) in [5.74, 6) is 0.873. The Labute approximate surface area is 184 Å². The molecule has 0 aliphatic rings. The molecule has 0 radical (unpaired) electrons. The molecule has 0 fully saturated rings. The summed E-state index contributed by atoms with van der Waals surface area (Å²) in [5, 5.41) is 2.02. The second-order valence-electron chi connectivity index (χ2n) is 7.91. The predicted octanol–water partition coefficient (Wildman–Crippen LogP) is 5.25. The molecule has 2 aromatic carbocycles. The van der Waals surface area contributed by atoms with Gasteiger partial charge >= 0.3 is 0 Å². The molecule has 0 spiro atoms. The van der Waals surface area contributed by atoms with Crippen LogP contribution in [0, 0.1) is 0 Å². The lowest BCUT2D eigenvalue weighted by atomic mass is 10.1. The van der Waals surface area contributed by atoms with E-state index < -0.39 is 0 Å². The van der Waals surface area contributed by atoms with Gasteiger partial charge in [0.1, 0.15) is 5.82 Å². The quantitative estimate of drug-likeness (QED) is 0.369.